The first-order valence-corrected chi connectivity index (χ1v) is 7.83. The maximum absolute atomic E-state index is 13.2. The average Bonchev–Trinajstić information content (AvgIpc) is 3.36. The molecule has 2 aromatic heterocycles. The highest BCUT2D eigenvalue weighted by Crippen LogP contribution is 2.43. The highest BCUT2D eigenvalue weighted by molar-refractivity contribution is 6.04. The lowest BCUT2D eigenvalue weighted by Gasteiger charge is -2.06. The minimum Gasteiger partial charge on any atom is -0.465 e. The number of carbonyl (C=O) groups excluding carboxylic acids is 1. The van der Waals surface area contributed by atoms with Crippen LogP contribution in [0, 0.1) is 12.7 Å². The Hall–Kier alpha value is -2.76. The summed E-state index contributed by atoms with van der Waals surface area (Å²) in [6.45, 7) is 1.82. The van der Waals surface area contributed by atoms with Gasteiger partial charge in [-0.3, -0.25) is 0 Å². The van der Waals surface area contributed by atoms with Crippen LogP contribution in [0.1, 0.15) is 40.5 Å². The van der Waals surface area contributed by atoms with Crippen molar-refractivity contribution in [3.63, 3.8) is 0 Å². The van der Waals surface area contributed by atoms with Crippen molar-refractivity contribution in [3.8, 4) is 5.69 Å². The highest BCUT2D eigenvalue weighted by atomic mass is 19.1. The van der Waals surface area contributed by atoms with E-state index in [1.807, 2.05) is 6.92 Å². The zero-order valence-electron chi connectivity index (χ0n) is 13.4. The zero-order valence-corrected chi connectivity index (χ0v) is 13.4. The van der Waals surface area contributed by atoms with E-state index in [2.05, 4.69) is 4.98 Å². The number of halogens is 1. The second-order valence-corrected chi connectivity index (χ2v) is 6.05. The fraction of sp³-hybridized carbons (Fsp3) is 0.278. The summed E-state index contributed by atoms with van der Waals surface area (Å²) in [5.41, 5.74) is 3.36. The van der Waals surface area contributed by atoms with Crippen LogP contribution in [0.5, 0.6) is 0 Å². The summed E-state index contributed by atoms with van der Waals surface area (Å²) in [7, 11) is 1.37. The average molecular weight is 325 g/mol. The summed E-state index contributed by atoms with van der Waals surface area (Å²) in [4.78, 5) is 16.8. The predicted molar refractivity (Wildman–Crippen MR) is 86.9 cm³/mol. The number of rotatable bonds is 3. The highest BCUT2D eigenvalue weighted by Gasteiger charge is 2.32. The number of fused-ring (bicyclic) bond motifs is 1. The number of aryl methyl sites for hydroxylation is 1. The van der Waals surface area contributed by atoms with E-state index in [1.165, 1.54) is 19.2 Å². The minimum absolute atomic E-state index is 0.308. The molecular weight excluding hydrogens is 309 g/mol. The number of aromatic nitrogens is 3. The molecule has 0 bridgehead atoms. The van der Waals surface area contributed by atoms with E-state index in [-0.39, 0.29) is 5.82 Å². The van der Waals surface area contributed by atoms with E-state index in [4.69, 9.17) is 9.84 Å². The first-order chi connectivity index (χ1) is 11.6. The molecule has 122 valence electrons. The summed E-state index contributed by atoms with van der Waals surface area (Å²) < 4.78 is 19.8. The van der Waals surface area contributed by atoms with E-state index in [0.29, 0.717) is 28.5 Å². The molecule has 1 fully saturated rings. The fourth-order valence-corrected chi connectivity index (χ4v) is 2.94. The van der Waals surface area contributed by atoms with Crippen molar-refractivity contribution in [1.29, 1.82) is 0 Å². The molecule has 4 rings (SSSR count). The van der Waals surface area contributed by atoms with Gasteiger partial charge in [-0.1, -0.05) is 0 Å². The quantitative estimate of drug-likeness (QED) is 0.691. The van der Waals surface area contributed by atoms with Gasteiger partial charge in [-0.05, 0) is 50.1 Å². The Morgan fingerprint density at radius 3 is 2.62 bits per heavy atom. The number of carbonyl (C=O) groups is 1. The molecule has 2 heterocycles. The monoisotopic (exact) mass is 325 g/mol. The van der Waals surface area contributed by atoms with Crippen molar-refractivity contribution in [3.05, 3.63) is 53.1 Å². The molecule has 5 nitrogen and oxygen atoms in total. The molecular formula is C18H16FN3O2. The van der Waals surface area contributed by atoms with Crippen molar-refractivity contribution in [2.24, 2.45) is 0 Å². The lowest BCUT2D eigenvalue weighted by molar-refractivity contribution is 0.0602. The number of pyridine rings is 1. The van der Waals surface area contributed by atoms with Crippen LogP contribution >= 0.6 is 0 Å². The van der Waals surface area contributed by atoms with Crippen molar-refractivity contribution in [2.45, 2.75) is 25.7 Å². The molecule has 1 aliphatic rings. The van der Waals surface area contributed by atoms with Gasteiger partial charge in [0.05, 0.1) is 29.4 Å². The van der Waals surface area contributed by atoms with Crippen molar-refractivity contribution in [2.75, 3.05) is 7.11 Å². The van der Waals surface area contributed by atoms with E-state index in [9.17, 15) is 9.18 Å². The molecule has 0 unspecified atom stereocenters. The minimum atomic E-state index is -0.397. The Balaban J connectivity index is 2.03. The van der Waals surface area contributed by atoms with Gasteiger partial charge in [0.15, 0.2) is 5.65 Å². The lowest BCUT2D eigenvalue weighted by atomic mass is 10.1. The third kappa shape index (κ3) is 2.35. The maximum atomic E-state index is 13.2. The van der Waals surface area contributed by atoms with Crippen molar-refractivity contribution >= 4 is 17.0 Å². The van der Waals surface area contributed by atoms with Gasteiger partial charge in [0.2, 0.25) is 0 Å². The molecule has 0 spiro atoms. The molecule has 0 atom stereocenters. The van der Waals surface area contributed by atoms with E-state index in [1.54, 1.807) is 22.9 Å². The molecule has 0 radical (unpaired) electrons. The van der Waals surface area contributed by atoms with E-state index in [0.717, 1.165) is 23.9 Å². The number of hydrogen-bond donors (Lipinski definition) is 0. The summed E-state index contributed by atoms with van der Waals surface area (Å²) in [6, 6.07) is 7.81. The molecule has 1 aliphatic carbocycles. The van der Waals surface area contributed by atoms with Crippen molar-refractivity contribution in [1.82, 2.24) is 14.8 Å². The van der Waals surface area contributed by atoms with Gasteiger partial charge >= 0.3 is 5.97 Å². The Kier molecular flexibility index (Phi) is 3.33. The maximum Gasteiger partial charge on any atom is 0.338 e. The van der Waals surface area contributed by atoms with Gasteiger partial charge in [0, 0.05) is 11.6 Å². The number of benzene rings is 1. The molecule has 0 N–H and O–H groups in total. The molecule has 0 saturated heterocycles. The van der Waals surface area contributed by atoms with E-state index >= 15 is 0 Å². The van der Waals surface area contributed by atoms with Crippen LogP contribution in [-0.2, 0) is 4.74 Å². The van der Waals surface area contributed by atoms with Gasteiger partial charge in [0.25, 0.3) is 0 Å². The molecule has 24 heavy (non-hydrogen) atoms. The van der Waals surface area contributed by atoms with Crippen LogP contribution < -0.4 is 0 Å². The largest absolute Gasteiger partial charge is 0.465 e. The van der Waals surface area contributed by atoms with Crippen LogP contribution in [0.15, 0.2) is 30.3 Å². The van der Waals surface area contributed by atoms with Crippen LogP contribution in [0.2, 0.25) is 0 Å². The normalized spacial score (nSPS) is 14.1. The van der Waals surface area contributed by atoms with Gasteiger partial charge in [-0.15, -0.1) is 0 Å². The number of esters is 1. The van der Waals surface area contributed by atoms with Gasteiger partial charge < -0.3 is 4.74 Å². The third-order valence-corrected chi connectivity index (χ3v) is 4.23. The smallest absolute Gasteiger partial charge is 0.338 e. The lowest BCUT2D eigenvalue weighted by Crippen LogP contribution is -2.05. The Bertz CT molecular complexity index is 943. The van der Waals surface area contributed by atoms with Crippen LogP contribution in [-0.4, -0.2) is 27.8 Å². The second kappa shape index (κ2) is 5.40. The standard InChI is InChI=1S/C18H16FN3O2/c1-10-9-14(18(23)24-2)15-16(11-3-4-11)21-22(17(15)20-10)13-7-5-12(19)6-8-13/h5-9,11H,3-4H2,1-2H3. The summed E-state index contributed by atoms with van der Waals surface area (Å²) in [5, 5.41) is 5.43. The number of nitrogens with zero attached hydrogens (tertiary/aromatic N) is 3. The molecule has 1 aromatic carbocycles. The molecule has 3 aromatic rings. The van der Waals surface area contributed by atoms with Crippen LogP contribution in [0.3, 0.4) is 0 Å². The van der Waals surface area contributed by atoms with E-state index < -0.39 is 5.97 Å². The van der Waals surface area contributed by atoms with Gasteiger partial charge in [-0.2, -0.15) is 5.10 Å². The van der Waals surface area contributed by atoms with Crippen LogP contribution in [0.25, 0.3) is 16.7 Å². The van der Waals surface area contributed by atoms with Gasteiger partial charge in [-0.25, -0.2) is 18.9 Å². The molecule has 0 aliphatic heterocycles. The topological polar surface area (TPSA) is 57.0 Å². The van der Waals surface area contributed by atoms with Crippen molar-refractivity contribution < 1.29 is 13.9 Å². The first-order valence-electron chi connectivity index (χ1n) is 7.83. The molecule has 6 heteroatoms. The fourth-order valence-electron chi connectivity index (χ4n) is 2.94. The van der Waals surface area contributed by atoms with Crippen LogP contribution in [0.4, 0.5) is 4.39 Å². The first kappa shape index (κ1) is 14.8. The number of hydrogen-bond acceptors (Lipinski definition) is 4. The summed E-state index contributed by atoms with van der Waals surface area (Å²) in [5.74, 6) is -0.370. The summed E-state index contributed by atoms with van der Waals surface area (Å²) in [6.07, 6.45) is 2.09. The molecule has 0 amide bonds. The number of ether oxygens (including phenoxy) is 1. The molecule has 1 saturated carbocycles. The third-order valence-electron chi connectivity index (χ3n) is 4.23. The predicted octanol–water partition coefficient (Wildman–Crippen LogP) is 3.53. The Morgan fingerprint density at radius 1 is 1.29 bits per heavy atom. The van der Waals surface area contributed by atoms with Gasteiger partial charge in [0.1, 0.15) is 5.82 Å². The number of methoxy groups -OCH3 is 1. The zero-order chi connectivity index (χ0) is 16.8. The Morgan fingerprint density at radius 2 is 2.00 bits per heavy atom. The summed E-state index contributed by atoms with van der Waals surface area (Å²) >= 11 is 0. The second-order valence-electron chi connectivity index (χ2n) is 6.05. The SMILES string of the molecule is COC(=O)c1cc(C)nc2c1c(C1CC1)nn2-c1ccc(F)cc1. The Labute approximate surface area is 138 Å².